The minimum Gasteiger partial charge on any atom is -0.493 e. The van der Waals surface area contributed by atoms with Crippen molar-refractivity contribution in [1.29, 1.82) is 0 Å². The summed E-state index contributed by atoms with van der Waals surface area (Å²) < 4.78 is 58.4. The number of rotatable bonds is 8. The van der Waals surface area contributed by atoms with Gasteiger partial charge in [-0.1, -0.05) is 0 Å². The number of anilines is 2. The summed E-state index contributed by atoms with van der Waals surface area (Å²) in [7, 11) is 2.70. The number of amides is 2. The molecule has 0 aliphatic carbocycles. The lowest BCUT2D eigenvalue weighted by atomic mass is 10.1. The summed E-state index contributed by atoms with van der Waals surface area (Å²) >= 11 is 0. The summed E-state index contributed by atoms with van der Waals surface area (Å²) in [5.41, 5.74) is -0.946. The third kappa shape index (κ3) is 6.31. The van der Waals surface area contributed by atoms with Crippen LogP contribution in [-0.2, 0) is 15.7 Å². The van der Waals surface area contributed by atoms with Crippen molar-refractivity contribution in [2.75, 3.05) is 31.5 Å². The van der Waals surface area contributed by atoms with Gasteiger partial charge in [0.2, 0.25) is 0 Å². The molecule has 3 rings (SSSR count). The molecule has 2 N–H and O–H groups in total. The molecule has 0 spiro atoms. The molecule has 35 heavy (non-hydrogen) atoms. The Labute approximate surface area is 196 Å². The van der Waals surface area contributed by atoms with Crippen LogP contribution in [0.15, 0.2) is 59.2 Å². The number of furan rings is 1. The van der Waals surface area contributed by atoms with Crippen LogP contribution in [-0.4, -0.2) is 38.6 Å². The average molecular weight is 492 g/mol. The molecule has 3 aromatic rings. The maximum absolute atomic E-state index is 12.7. The first-order valence-electron chi connectivity index (χ1n) is 9.87. The van der Waals surface area contributed by atoms with Crippen molar-refractivity contribution in [3.8, 4) is 11.5 Å². The smallest absolute Gasteiger partial charge is 0.416 e. The predicted octanol–water partition coefficient (Wildman–Crippen LogP) is 4.36. The maximum atomic E-state index is 12.7. The summed E-state index contributed by atoms with van der Waals surface area (Å²) in [6.07, 6.45) is -3.21. The lowest BCUT2D eigenvalue weighted by molar-refractivity contribution is -0.137. The lowest BCUT2D eigenvalue weighted by Gasteiger charge is -2.15. The Morgan fingerprint density at radius 2 is 1.60 bits per heavy atom. The number of hydrogen-bond acceptors (Lipinski definition) is 7. The van der Waals surface area contributed by atoms with Gasteiger partial charge in [-0.2, -0.15) is 13.2 Å². The highest BCUT2D eigenvalue weighted by atomic mass is 19.4. The number of carbonyl (C=O) groups is 3. The Morgan fingerprint density at radius 3 is 2.17 bits per heavy atom. The van der Waals surface area contributed by atoms with Crippen LogP contribution in [0.1, 0.15) is 26.5 Å². The second kappa shape index (κ2) is 10.6. The monoisotopic (exact) mass is 492 g/mol. The Balaban J connectivity index is 1.72. The SMILES string of the molecule is COc1cc(NC(=O)c2ccco2)c(C(=O)OCC(=O)Nc2ccc(C(F)(F)F)cc2)cc1OC. The zero-order valence-corrected chi connectivity index (χ0v) is 18.4. The number of alkyl halides is 3. The standard InChI is InChI=1S/C23H19F3N2O7/c1-32-18-10-15(16(11-19(18)33-2)28-21(30)17-4-3-9-34-17)22(31)35-12-20(29)27-14-7-5-13(6-8-14)23(24,25)26/h3-11H,12H2,1-2H3,(H,27,29)(H,28,30). The maximum Gasteiger partial charge on any atom is 0.416 e. The molecule has 0 radical (unpaired) electrons. The molecular formula is C23H19F3N2O7. The van der Waals surface area contributed by atoms with Crippen LogP contribution in [0.2, 0.25) is 0 Å². The number of carbonyl (C=O) groups excluding carboxylic acids is 3. The van der Waals surface area contributed by atoms with E-state index >= 15 is 0 Å². The van der Waals surface area contributed by atoms with Crippen LogP contribution in [0, 0.1) is 0 Å². The molecule has 1 aromatic heterocycles. The highest BCUT2D eigenvalue weighted by Crippen LogP contribution is 2.34. The number of benzene rings is 2. The first-order chi connectivity index (χ1) is 16.6. The van der Waals surface area contributed by atoms with Gasteiger partial charge in [0.05, 0.1) is 37.3 Å². The molecule has 12 heteroatoms. The van der Waals surface area contributed by atoms with Crippen LogP contribution in [0.3, 0.4) is 0 Å². The van der Waals surface area contributed by atoms with Crippen molar-refractivity contribution in [3.63, 3.8) is 0 Å². The number of ether oxygens (including phenoxy) is 3. The minimum absolute atomic E-state index is 0.00259. The molecule has 0 atom stereocenters. The van der Waals surface area contributed by atoms with Crippen LogP contribution < -0.4 is 20.1 Å². The van der Waals surface area contributed by atoms with E-state index in [1.807, 2.05) is 0 Å². The molecule has 2 amide bonds. The van der Waals surface area contributed by atoms with Crippen LogP contribution in [0.5, 0.6) is 11.5 Å². The van der Waals surface area contributed by atoms with Crippen LogP contribution in [0.4, 0.5) is 24.5 Å². The molecule has 0 aliphatic rings. The van der Waals surface area contributed by atoms with Crippen molar-refractivity contribution in [1.82, 2.24) is 0 Å². The van der Waals surface area contributed by atoms with Gasteiger partial charge in [0, 0.05) is 17.8 Å². The molecule has 1 heterocycles. The Bertz CT molecular complexity index is 1210. The van der Waals surface area contributed by atoms with E-state index in [4.69, 9.17) is 18.6 Å². The summed E-state index contributed by atoms with van der Waals surface area (Å²) in [5.74, 6) is -2.09. The minimum atomic E-state index is -4.51. The van der Waals surface area contributed by atoms with Crippen molar-refractivity contribution >= 4 is 29.2 Å². The predicted molar refractivity (Wildman–Crippen MR) is 117 cm³/mol. The van der Waals surface area contributed by atoms with E-state index < -0.39 is 36.1 Å². The highest BCUT2D eigenvalue weighted by Gasteiger charge is 2.30. The summed E-state index contributed by atoms with van der Waals surface area (Å²) in [5, 5.41) is 4.83. The number of nitrogens with one attached hydrogen (secondary N) is 2. The summed E-state index contributed by atoms with van der Waals surface area (Å²) in [6.45, 7) is -0.750. The van der Waals surface area contributed by atoms with Gasteiger partial charge in [0.25, 0.3) is 11.8 Å². The molecule has 9 nitrogen and oxygen atoms in total. The molecule has 0 saturated heterocycles. The van der Waals surface area contributed by atoms with E-state index in [0.29, 0.717) is 0 Å². The molecule has 0 bridgehead atoms. The molecule has 184 valence electrons. The Morgan fingerprint density at radius 1 is 0.943 bits per heavy atom. The lowest BCUT2D eigenvalue weighted by Crippen LogP contribution is -2.22. The third-order valence-electron chi connectivity index (χ3n) is 4.57. The van der Waals surface area contributed by atoms with Gasteiger partial charge in [-0.05, 0) is 36.4 Å². The van der Waals surface area contributed by atoms with Crippen LogP contribution >= 0.6 is 0 Å². The topological polar surface area (TPSA) is 116 Å². The number of halogens is 3. The Kier molecular flexibility index (Phi) is 7.64. The zero-order valence-electron chi connectivity index (χ0n) is 18.4. The molecule has 0 saturated carbocycles. The largest absolute Gasteiger partial charge is 0.493 e. The van der Waals surface area contributed by atoms with Gasteiger partial charge in [0.15, 0.2) is 23.9 Å². The fourth-order valence-corrected chi connectivity index (χ4v) is 2.89. The average Bonchev–Trinajstić information content (AvgIpc) is 3.37. The highest BCUT2D eigenvalue weighted by molar-refractivity contribution is 6.07. The third-order valence-corrected chi connectivity index (χ3v) is 4.57. The summed E-state index contributed by atoms with van der Waals surface area (Å²) in [6, 6.07) is 9.26. The van der Waals surface area contributed by atoms with Gasteiger partial charge < -0.3 is 29.3 Å². The first-order valence-corrected chi connectivity index (χ1v) is 9.87. The van der Waals surface area contributed by atoms with E-state index in [1.54, 1.807) is 0 Å². The van der Waals surface area contributed by atoms with E-state index in [2.05, 4.69) is 10.6 Å². The fraction of sp³-hybridized carbons (Fsp3) is 0.174. The Hall–Kier alpha value is -4.48. The molecular weight excluding hydrogens is 473 g/mol. The molecule has 2 aromatic carbocycles. The molecule has 0 fully saturated rings. The van der Waals surface area contributed by atoms with E-state index in [9.17, 15) is 27.6 Å². The molecule has 0 aliphatic heterocycles. The van der Waals surface area contributed by atoms with Gasteiger partial charge >= 0.3 is 12.1 Å². The number of hydrogen-bond donors (Lipinski definition) is 2. The fourth-order valence-electron chi connectivity index (χ4n) is 2.89. The van der Waals surface area contributed by atoms with E-state index in [-0.39, 0.29) is 34.2 Å². The summed E-state index contributed by atoms with van der Waals surface area (Å²) in [4.78, 5) is 37.2. The van der Waals surface area contributed by atoms with Crippen LogP contribution in [0.25, 0.3) is 0 Å². The van der Waals surface area contributed by atoms with Gasteiger partial charge in [-0.25, -0.2) is 4.79 Å². The van der Waals surface area contributed by atoms with Crippen molar-refractivity contribution < 1.29 is 46.2 Å². The first kappa shape index (κ1) is 25.1. The quantitative estimate of drug-likeness (QED) is 0.449. The van der Waals surface area contributed by atoms with Gasteiger partial charge in [-0.15, -0.1) is 0 Å². The van der Waals surface area contributed by atoms with Gasteiger partial charge in [-0.3, -0.25) is 9.59 Å². The van der Waals surface area contributed by atoms with Crippen molar-refractivity contribution in [2.24, 2.45) is 0 Å². The van der Waals surface area contributed by atoms with Crippen molar-refractivity contribution in [2.45, 2.75) is 6.18 Å². The van der Waals surface area contributed by atoms with Gasteiger partial charge in [0.1, 0.15) is 0 Å². The zero-order chi connectivity index (χ0) is 25.6. The van der Waals surface area contributed by atoms with E-state index in [1.165, 1.54) is 44.7 Å². The molecule has 0 unspecified atom stereocenters. The van der Waals surface area contributed by atoms with E-state index in [0.717, 1.165) is 24.3 Å². The number of esters is 1. The second-order valence-electron chi connectivity index (χ2n) is 6.88. The normalized spacial score (nSPS) is 10.9. The number of methoxy groups -OCH3 is 2. The van der Waals surface area contributed by atoms with Crippen molar-refractivity contribution in [3.05, 3.63) is 71.7 Å². The second-order valence-corrected chi connectivity index (χ2v) is 6.88.